The number of rotatable bonds is 5. The van der Waals surface area contributed by atoms with Gasteiger partial charge in [0, 0.05) is 29.9 Å². The highest BCUT2D eigenvalue weighted by atomic mass is 35.7. The number of hydrogen-bond donors (Lipinski definition) is 1. The lowest BCUT2D eigenvalue weighted by atomic mass is 10.1. The van der Waals surface area contributed by atoms with Gasteiger partial charge < -0.3 is 10.1 Å². The number of amides is 1. The van der Waals surface area contributed by atoms with E-state index in [-0.39, 0.29) is 10.8 Å². The SMILES string of the molecule is COC(C)(C)CNC(=O)c1ccc(S(=O)(=O)Cl)cc1C. The number of methoxy groups -OCH3 is 1. The Labute approximate surface area is 123 Å². The Balaban J connectivity index is 2.91. The van der Waals surface area contributed by atoms with E-state index in [1.807, 2.05) is 13.8 Å². The molecule has 1 aromatic carbocycles. The monoisotopic (exact) mass is 319 g/mol. The Morgan fingerprint density at radius 2 is 2.00 bits per heavy atom. The van der Waals surface area contributed by atoms with E-state index in [1.54, 1.807) is 14.0 Å². The molecule has 0 heterocycles. The highest BCUT2D eigenvalue weighted by molar-refractivity contribution is 8.13. The molecular formula is C13H18ClNO4S. The molecule has 20 heavy (non-hydrogen) atoms. The van der Waals surface area contributed by atoms with E-state index in [0.717, 1.165) is 0 Å². The van der Waals surface area contributed by atoms with Gasteiger partial charge >= 0.3 is 0 Å². The Kier molecular flexibility index (Phi) is 5.18. The third-order valence-corrected chi connectivity index (χ3v) is 4.30. The van der Waals surface area contributed by atoms with Gasteiger partial charge in [0.25, 0.3) is 15.0 Å². The minimum atomic E-state index is -3.79. The summed E-state index contributed by atoms with van der Waals surface area (Å²) in [5, 5.41) is 2.74. The maximum atomic E-state index is 12.0. The standard InChI is InChI=1S/C13H18ClNO4S/c1-9-7-10(20(14,17)18)5-6-11(9)12(16)15-8-13(2,3)19-4/h5-7H,8H2,1-4H3,(H,15,16). The van der Waals surface area contributed by atoms with Crippen LogP contribution in [0.2, 0.25) is 0 Å². The van der Waals surface area contributed by atoms with Crippen molar-refractivity contribution in [3.8, 4) is 0 Å². The van der Waals surface area contributed by atoms with E-state index >= 15 is 0 Å². The van der Waals surface area contributed by atoms with Crippen LogP contribution in [0.15, 0.2) is 23.1 Å². The quantitative estimate of drug-likeness (QED) is 0.843. The number of aryl methyl sites for hydroxylation is 1. The van der Waals surface area contributed by atoms with Crippen LogP contribution in [0, 0.1) is 6.92 Å². The zero-order chi connectivity index (χ0) is 15.6. The molecule has 1 rings (SSSR count). The van der Waals surface area contributed by atoms with Crippen LogP contribution in [0.1, 0.15) is 29.8 Å². The molecule has 1 amide bonds. The van der Waals surface area contributed by atoms with Crippen molar-refractivity contribution in [1.82, 2.24) is 5.32 Å². The van der Waals surface area contributed by atoms with Gasteiger partial charge in [0.2, 0.25) is 0 Å². The summed E-state index contributed by atoms with van der Waals surface area (Å²) in [6.45, 7) is 5.70. The average molecular weight is 320 g/mol. The Bertz CT molecular complexity index is 611. The van der Waals surface area contributed by atoms with Crippen molar-refractivity contribution in [3.05, 3.63) is 29.3 Å². The molecule has 0 aliphatic carbocycles. The number of halogens is 1. The molecule has 0 radical (unpaired) electrons. The van der Waals surface area contributed by atoms with E-state index in [9.17, 15) is 13.2 Å². The van der Waals surface area contributed by atoms with Gasteiger partial charge in [-0.05, 0) is 44.5 Å². The molecule has 0 aromatic heterocycles. The second-order valence-corrected chi connectivity index (χ2v) is 7.63. The summed E-state index contributed by atoms with van der Waals surface area (Å²) in [6.07, 6.45) is 0. The summed E-state index contributed by atoms with van der Waals surface area (Å²) < 4.78 is 27.6. The molecule has 0 saturated carbocycles. The fraction of sp³-hybridized carbons (Fsp3) is 0.462. The minimum absolute atomic E-state index is 0.0227. The number of hydrogen-bond acceptors (Lipinski definition) is 4. The van der Waals surface area contributed by atoms with Crippen molar-refractivity contribution in [3.63, 3.8) is 0 Å². The van der Waals surface area contributed by atoms with Crippen LogP contribution in [-0.4, -0.2) is 33.6 Å². The second kappa shape index (κ2) is 6.11. The van der Waals surface area contributed by atoms with Gasteiger partial charge in [-0.3, -0.25) is 4.79 Å². The number of nitrogens with one attached hydrogen (secondary N) is 1. The summed E-state index contributed by atoms with van der Waals surface area (Å²) in [7, 11) is 3.04. The Morgan fingerprint density at radius 3 is 2.45 bits per heavy atom. The molecule has 0 bridgehead atoms. The molecule has 0 atom stereocenters. The summed E-state index contributed by atoms with van der Waals surface area (Å²) in [4.78, 5) is 12.0. The van der Waals surface area contributed by atoms with Crippen molar-refractivity contribution < 1.29 is 17.9 Å². The van der Waals surface area contributed by atoms with Gasteiger partial charge in [0.1, 0.15) is 0 Å². The highest BCUT2D eigenvalue weighted by Gasteiger charge is 2.19. The van der Waals surface area contributed by atoms with E-state index in [0.29, 0.717) is 17.7 Å². The second-order valence-electron chi connectivity index (χ2n) is 5.06. The zero-order valence-corrected chi connectivity index (χ0v) is 13.4. The number of ether oxygens (including phenoxy) is 1. The summed E-state index contributed by atoms with van der Waals surface area (Å²) >= 11 is 0. The number of benzene rings is 1. The van der Waals surface area contributed by atoms with Gasteiger partial charge in [0.15, 0.2) is 0 Å². The lowest BCUT2D eigenvalue weighted by Gasteiger charge is -2.23. The largest absolute Gasteiger partial charge is 0.377 e. The van der Waals surface area contributed by atoms with E-state index < -0.39 is 14.7 Å². The molecule has 0 fully saturated rings. The van der Waals surface area contributed by atoms with E-state index in [2.05, 4.69) is 5.32 Å². The van der Waals surface area contributed by atoms with Crippen LogP contribution in [0.5, 0.6) is 0 Å². The van der Waals surface area contributed by atoms with Crippen LogP contribution in [-0.2, 0) is 13.8 Å². The predicted octanol–water partition coefficient (Wildman–Crippen LogP) is 2.08. The Morgan fingerprint density at radius 1 is 1.40 bits per heavy atom. The summed E-state index contributed by atoms with van der Waals surface area (Å²) in [5.74, 6) is -0.286. The first-order valence-electron chi connectivity index (χ1n) is 5.95. The first-order chi connectivity index (χ1) is 9.07. The van der Waals surface area contributed by atoms with Crippen molar-refractivity contribution in [2.45, 2.75) is 31.3 Å². The lowest BCUT2D eigenvalue weighted by molar-refractivity contribution is 0.0228. The highest BCUT2D eigenvalue weighted by Crippen LogP contribution is 2.19. The molecule has 7 heteroatoms. The van der Waals surface area contributed by atoms with Crippen LogP contribution in [0.25, 0.3) is 0 Å². The molecular weight excluding hydrogens is 302 g/mol. The van der Waals surface area contributed by atoms with E-state index in [4.69, 9.17) is 15.4 Å². The zero-order valence-electron chi connectivity index (χ0n) is 11.9. The van der Waals surface area contributed by atoms with Gasteiger partial charge in [-0.15, -0.1) is 0 Å². The van der Waals surface area contributed by atoms with Crippen molar-refractivity contribution in [2.24, 2.45) is 0 Å². The maximum Gasteiger partial charge on any atom is 0.261 e. The number of carbonyl (C=O) groups is 1. The molecule has 0 unspecified atom stereocenters. The normalized spacial score (nSPS) is 12.2. The molecule has 0 aliphatic heterocycles. The van der Waals surface area contributed by atoms with Gasteiger partial charge in [0.05, 0.1) is 10.5 Å². The van der Waals surface area contributed by atoms with Crippen LogP contribution in [0.4, 0.5) is 0 Å². The van der Waals surface area contributed by atoms with Crippen molar-refractivity contribution >= 4 is 25.6 Å². The minimum Gasteiger partial charge on any atom is -0.377 e. The predicted molar refractivity (Wildman–Crippen MR) is 77.6 cm³/mol. The number of carbonyl (C=O) groups excluding carboxylic acids is 1. The fourth-order valence-electron chi connectivity index (χ4n) is 1.50. The average Bonchev–Trinajstić information content (AvgIpc) is 2.35. The van der Waals surface area contributed by atoms with Crippen LogP contribution >= 0.6 is 10.7 Å². The maximum absolute atomic E-state index is 12.0. The first kappa shape index (κ1) is 16.9. The Hall–Kier alpha value is -1.11. The van der Waals surface area contributed by atoms with Gasteiger partial charge in [-0.1, -0.05) is 0 Å². The molecule has 1 N–H and O–H groups in total. The molecule has 0 spiro atoms. The van der Waals surface area contributed by atoms with Crippen LogP contribution in [0.3, 0.4) is 0 Å². The lowest BCUT2D eigenvalue weighted by Crippen LogP contribution is -2.39. The molecule has 112 valence electrons. The van der Waals surface area contributed by atoms with Gasteiger partial charge in [-0.25, -0.2) is 8.42 Å². The van der Waals surface area contributed by atoms with Crippen molar-refractivity contribution in [2.75, 3.05) is 13.7 Å². The topological polar surface area (TPSA) is 72.5 Å². The third-order valence-electron chi connectivity index (χ3n) is 2.95. The van der Waals surface area contributed by atoms with E-state index in [1.165, 1.54) is 18.2 Å². The van der Waals surface area contributed by atoms with Gasteiger partial charge in [-0.2, -0.15) is 0 Å². The summed E-state index contributed by atoms with van der Waals surface area (Å²) in [5.41, 5.74) is 0.476. The first-order valence-corrected chi connectivity index (χ1v) is 8.26. The molecule has 0 aliphatic rings. The molecule has 1 aromatic rings. The van der Waals surface area contributed by atoms with Crippen molar-refractivity contribution in [1.29, 1.82) is 0 Å². The fourth-order valence-corrected chi connectivity index (χ4v) is 2.34. The summed E-state index contributed by atoms with van der Waals surface area (Å²) in [6, 6.07) is 4.13. The molecule has 0 saturated heterocycles. The molecule has 5 nitrogen and oxygen atoms in total. The smallest absolute Gasteiger partial charge is 0.261 e. The third kappa shape index (κ3) is 4.47. The van der Waals surface area contributed by atoms with Crippen LogP contribution < -0.4 is 5.32 Å².